The fourth-order valence-corrected chi connectivity index (χ4v) is 3.62. The minimum Gasteiger partial charge on any atom is -0.378 e. The topological polar surface area (TPSA) is 36.9 Å². The molecule has 8 atom stereocenters. The molecule has 1 aliphatic rings. The highest BCUT2D eigenvalue weighted by atomic mass is 32.0. The van der Waals surface area contributed by atoms with E-state index < -0.39 is 0 Å². The molecule has 0 aromatic rings. The van der Waals surface area contributed by atoms with Gasteiger partial charge in [-0.1, -0.05) is 15.8 Å². The van der Waals surface area contributed by atoms with Gasteiger partial charge in [0.15, 0.2) is 0 Å². The van der Waals surface area contributed by atoms with E-state index >= 15 is 0 Å². The molecule has 0 N–H and O–H groups in total. The van der Waals surface area contributed by atoms with E-state index in [1.165, 1.54) is 0 Å². The molecule has 9 heteroatoms. The summed E-state index contributed by atoms with van der Waals surface area (Å²) in [6, 6.07) is 0.00487. The summed E-state index contributed by atoms with van der Waals surface area (Å²) in [5, 5.41) is 0. The fraction of sp³-hybridized carbons (Fsp3) is 1.00. The van der Waals surface area contributed by atoms with Crippen LogP contribution >= 0.6 is 35.7 Å². The molecule has 16 heavy (non-hydrogen) atoms. The van der Waals surface area contributed by atoms with Gasteiger partial charge in [-0.2, -0.15) is 0 Å². The van der Waals surface area contributed by atoms with Gasteiger partial charge >= 0.3 is 0 Å². The zero-order chi connectivity index (χ0) is 12.0. The van der Waals surface area contributed by atoms with Crippen LogP contribution in [0.4, 0.5) is 0 Å². The highest BCUT2D eigenvalue weighted by molar-refractivity contribution is 8.00. The van der Waals surface area contributed by atoms with E-state index in [9.17, 15) is 0 Å². The van der Waals surface area contributed by atoms with Crippen LogP contribution in [0, 0.1) is 0 Å². The fourth-order valence-electron chi connectivity index (χ4n) is 1.73. The van der Waals surface area contributed by atoms with Gasteiger partial charge in [-0.15, -0.1) is 0 Å². The first kappa shape index (κ1) is 15.7. The lowest BCUT2D eigenvalue weighted by molar-refractivity contribution is 0.0632. The Hall–Kier alpha value is 1.62. The van der Waals surface area contributed by atoms with Crippen molar-refractivity contribution < 1.29 is 18.3 Å². The van der Waals surface area contributed by atoms with Crippen molar-refractivity contribution in [2.24, 2.45) is 0 Å². The van der Waals surface area contributed by atoms with Gasteiger partial charge in [0.2, 0.25) is 0 Å². The Morgan fingerprint density at radius 3 is 2.69 bits per heavy atom. The van der Waals surface area contributed by atoms with E-state index in [-0.39, 0.29) is 24.3 Å². The average molecular weight is 301 g/mol. The van der Waals surface area contributed by atoms with Crippen LogP contribution in [0.15, 0.2) is 0 Å². The molecule has 0 amide bonds. The predicted molar refractivity (Wildman–Crippen MR) is 78.0 cm³/mol. The molecule has 1 aliphatic heterocycles. The van der Waals surface area contributed by atoms with Crippen LogP contribution < -0.4 is 0 Å². The lowest BCUT2D eigenvalue weighted by Gasteiger charge is -2.21. The van der Waals surface area contributed by atoms with Crippen LogP contribution in [-0.2, 0) is 18.3 Å². The van der Waals surface area contributed by atoms with Crippen molar-refractivity contribution in [1.29, 1.82) is 0 Å². The van der Waals surface area contributed by atoms with Crippen LogP contribution in [0.2, 0.25) is 6.82 Å². The molecular formula is C7H18BO4P4. The largest absolute Gasteiger partial charge is 0.378 e. The number of ether oxygens (including phenoxy) is 1. The molecule has 1 heterocycles. The average Bonchev–Trinajstić information content (AvgIpc) is 2.64. The van der Waals surface area contributed by atoms with E-state index in [1.54, 1.807) is 7.11 Å². The van der Waals surface area contributed by atoms with Gasteiger partial charge in [0.05, 0.1) is 12.1 Å². The first-order valence-corrected chi connectivity index (χ1v) is 9.26. The first-order chi connectivity index (χ1) is 7.78. The normalized spacial score (nSPS) is 35.8. The smallest absolute Gasteiger partial charge is 0.149 e. The van der Waals surface area contributed by atoms with Crippen molar-refractivity contribution >= 4 is 43.0 Å². The lowest BCUT2D eigenvalue weighted by atomic mass is 9.72. The minimum absolute atomic E-state index is 0.00487. The summed E-state index contributed by atoms with van der Waals surface area (Å²) in [5.74, 6) is 0. The second-order valence-electron chi connectivity index (χ2n) is 3.33. The van der Waals surface area contributed by atoms with Crippen molar-refractivity contribution in [3.05, 3.63) is 0 Å². The summed E-state index contributed by atoms with van der Waals surface area (Å²) in [7, 11) is 9.40. The molecular weight excluding hydrogens is 283 g/mol. The Morgan fingerprint density at radius 1 is 1.44 bits per heavy atom. The third kappa shape index (κ3) is 4.08. The third-order valence-electron chi connectivity index (χ3n) is 2.46. The Morgan fingerprint density at radius 2 is 2.19 bits per heavy atom. The van der Waals surface area contributed by atoms with Crippen LogP contribution in [0.1, 0.15) is 0 Å². The van der Waals surface area contributed by atoms with Gasteiger partial charge < -0.3 is 18.3 Å². The second kappa shape index (κ2) is 8.68. The van der Waals surface area contributed by atoms with Gasteiger partial charge in [0, 0.05) is 40.0 Å². The number of hydrogen-bond acceptors (Lipinski definition) is 4. The second-order valence-corrected chi connectivity index (χ2v) is 5.88. The maximum atomic E-state index is 5.88. The summed E-state index contributed by atoms with van der Waals surface area (Å²) in [6.07, 6.45) is 0.829. The molecule has 0 aliphatic carbocycles. The molecule has 0 bridgehead atoms. The van der Waals surface area contributed by atoms with Crippen LogP contribution in [0.5, 0.6) is 0 Å². The molecule has 1 radical (unpaired) electrons. The summed E-state index contributed by atoms with van der Waals surface area (Å²) in [5.41, 5.74) is 0. The standard InChI is InChI=1S/C7H18BO4P4/c1-8-7-6(12-16-14)5(11-13)4(10-7)3-15-9-2/h4-7,15-16H,3,13-14H2,1-2H3/t4-,5+,6?,7-/m1/s1. The SMILES string of the molecule is C[B][C@@H]1O[C@H](CPOC)[C@H](OP)C1OPP. The third-order valence-corrected chi connectivity index (χ3v) is 4.45. The molecule has 93 valence electrons. The maximum Gasteiger partial charge on any atom is 0.149 e. The van der Waals surface area contributed by atoms with E-state index in [0.29, 0.717) is 17.3 Å². The van der Waals surface area contributed by atoms with Crippen LogP contribution in [-0.4, -0.2) is 44.9 Å². The highest BCUT2D eigenvalue weighted by Gasteiger charge is 2.44. The predicted octanol–water partition coefficient (Wildman–Crippen LogP) is 1.65. The van der Waals surface area contributed by atoms with Crippen molar-refractivity contribution in [3.8, 4) is 0 Å². The molecule has 1 saturated heterocycles. The molecule has 0 aromatic heterocycles. The van der Waals surface area contributed by atoms with Gasteiger partial charge in [-0.3, -0.25) is 0 Å². The first-order valence-electron chi connectivity index (χ1n) is 4.96. The molecule has 0 spiro atoms. The summed E-state index contributed by atoms with van der Waals surface area (Å²) >= 11 is 0. The van der Waals surface area contributed by atoms with Gasteiger partial charge in [-0.25, -0.2) is 0 Å². The summed E-state index contributed by atoms with van der Waals surface area (Å²) < 4.78 is 22.1. The van der Waals surface area contributed by atoms with E-state index in [0.717, 1.165) is 6.16 Å². The lowest BCUT2D eigenvalue weighted by Crippen LogP contribution is -2.36. The summed E-state index contributed by atoms with van der Waals surface area (Å²) in [6.45, 7) is 1.98. The van der Waals surface area contributed by atoms with Gasteiger partial charge in [0.1, 0.15) is 19.5 Å². The Bertz CT molecular complexity index is 201. The Kier molecular flexibility index (Phi) is 8.51. The Balaban J connectivity index is 2.59. The van der Waals surface area contributed by atoms with Crippen LogP contribution in [0.25, 0.3) is 0 Å². The highest BCUT2D eigenvalue weighted by Crippen LogP contribution is 2.36. The quantitative estimate of drug-likeness (QED) is 0.529. The Labute approximate surface area is 106 Å². The van der Waals surface area contributed by atoms with Crippen molar-refractivity contribution in [1.82, 2.24) is 0 Å². The van der Waals surface area contributed by atoms with Crippen molar-refractivity contribution in [2.75, 3.05) is 13.3 Å². The number of rotatable bonds is 7. The van der Waals surface area contributed by atoms with Gasteiger partial charge in [-0.05, 0) is 0 Å². The molecule has 5 unspecified atom stereocenters. The molecule has 1 rings (SSSR count). The van der Waals surface area contributed by atoms with Crippen LogP contribution in [0.3, 0.4) is 0 Å². The maximum absolute atomic E-state index is 5.88. The molecule has 0 aromatic carbocycles. The number of hydrogen-bond donors (Lipinski definition) is 0. The van der Waals surface area contributed by atoms with Crippen molar-refractivity contribution in [2.45, 2.75) is 31.1 Å². The zero-order valence-electron chi connectivity index (χ0n) is 9.38. The van der Waals surface area contributed by atoms with E-state index in [2.05, 4.69) is 18.4 Å². The van der Waals surface area contributed by atoms with Gasteiger partial charge in [0.25, 0.3) is 0 Å². The van der Waals surface area contributed by atoms with Crippen molar-refractivity contribution in [3.63, 3.8) is 0 Å². The zero-order valence-corrected chi connectivity index (χ0v) is 13.7. The molecule has 4 nitrogen and oxygen atoms in total. The minimum atomic E-state index is -0.0399. The molecule has 1 fully saturated rings. The summed E-state index contributed by atoms with van der Waals surface area (Å²) in [4.78, 5) is 0. The van der Waals surface area contributed by atoms with E-state index in [1.807, 2.05) is 14.1 Å². The van der Waals surface area contributed by atoms with E-state index in [4.69, 9.17) is 18.3 Å². The molecule has 0 saturated carbocycles. The monoisotopic (exact) mass is 301 g/mol.